The molecule has 0 saturated heterocycles. The topological polar surface area (TPSA) is 50.7 Å². The molecule has 0 unspecified atom stereocenters. The van der Waals surface area contributed by atoms with Crippen molar-refractivity contribution in [3.63, 3.8) is 0 Å². The molecule has 0 spiro atoms. The predicted octanol–water partition coefficient (Wildman–Crippen LogP) is 2.38. The number of carbonyl (C=O) groups excluding carboxylic acids is 1. The van der Waals surface area contributed by atoms with Gasteiger partial charge in [0.25, 0.3) is 0 Å². The van der Waals surface area contributed by atoms with E-state index in [0.29, 0.717) is 6.42 Å². The lowest BCUT2D eigenvalue weighted by atomic mass is 9.68. The van der Waals surface area contributed by atoms with Crippen molar-refractivity contribution in [1.29, 1.82) is 0 Å². The van der Waals surface area contributed by atoms with E-state index in [1.165, 1.54) is 0 Å². The molecule has 3 rings (SSSR count). The van der Waals surface area contributed by atoms with Crippen LogP contribution in [0, 0.1) is 11.3 Å². The Bertz CT molecular complexity index is 578. The van der Waals surface area contributed by atoms with E-state index in [-0.39, 0.29) is 23.2 Å². The maximum absolute atomic E-state index is 12.5. The molecule has 0 radical (unpaired) electrons. The fraction of sp³-hybridized carbons (Fsp3) is 0.500. The van der Waals surface area contributed by atoms with Crippen LogP contribution in [0.3, 0.4) is 0 Å². The van der Waals surface area contributed by atoms with Crippen molar-refractivity contribution in [2.24, 2.45) is 16.4 Å². The summed E-state index contributed by atoms with van der Waals surface area (Å²) in [5.41, 5.74) is 5.04. The van der Waals surface area contributed by atoms with E-state index in [4.69, 9.17) is 4.74 Å². The quantitative estimate of drug-likeness (QED) is 0.899. The second-order valence-corrected chi connectivity index (χ2v) is 6.45. The Balaban J connectivity index is 1.91. The highest BCUT2D eigenvalue weighted by molar-refractivity contribution is 6.15. The monoisotopic (exact) mass is 272 g/mol. The summed E-state index contributed by atoms with van der Waals surface area (Å²) in [6, 6.07) is 7.89. The van der Waals surface area contributed by atoms with E-state index in [1.54, 1.807) is 7.11 Å². The molecule has 1 aliphatic carbocycles. The summed E-state index contributed by atoms with van der Waals surface area (Å²) in [5, 5.41) is 4.43. The van der Waals surface area contributed by atoms with Crippen molar-refractivity contribution in [3.05, 3.63) is 29.8 Å². The molecule has 1 saturated carbocycles. The van der Waals surface area contributed by atoms with Gasteiger partial charge in [0.1, 0.15) is 11.5 Å². The maximum Gasteiger partial charge on any atom is 0.144 e. The van der Waals surface area contributed by atoms with E-state index in [0.717, 1.165) is 23.4 Å². The third-order valence-corrected chi connectivity index (χ3v) is 4.19. The van der Waals surface area contributed by atoms with Crippen LogP contribution in [-0.2, 0) is 4.79 Å². The Morgan fingerprint density at radius 3 is 2.95 bits per heavy atom. The van der Waals surface area contributed by atoms with Crippen molar-refractivity contribution < 1.29 is 9.53 Å². The van der Waals surface area contributed by atoms with Crippen LogP contribution < -0.4 is 10.2 Å². The Hall–Kier alpha value is -1.84. The van der Waals surface area contributed by atoms with Crippen molar-refractivity contribution in [2.45, 2.75) is 32.7 Å². The summed E-state index contributed by atoms with van der Waals surface area (Å²) >= 11 is 0. The van der Waals surface area contributed by atoms with Crippen LogP contribution in [-0.4, -0.2) is 24.6 Å². The second-order valence-electron chi connectivity index (χ2n) is 6.45. The normalized spacial score (nSPS) is 27.6. The minimum atomic E-state index is -0.116. The maximum atomic E-state index is 12.5. The number of Topliss-reactive ketones (excluding diaryl/α,β-unsaturated/α-hetero) is 1. The number of ether oxygens (including phenoxy) is 1. The van der Waals surface area contributed by atoms with E-state index in [2.05, 4.69) is 24.4 Å². The first-order valence-corrected chi connectivity index (χ1v) is 7.00. The van der Waals surface area contributed by atoms with E-state index in [9.17, 15) is 4.79 Å². The number of carbonyl (C=O) groups is 1. The summed E-state index contributed by atoms with van der Waals surface area (Å²) in [6.07, 6.45) is 1.60. The molecule has 2 atom stereocenters. The van der Waals surface area contributed by atoms with Crippen LogP contribution in [0.1, 0.15) is 32.3 Å². The molecule has 0 bridgehead atoms. The van der Waals surface area contributed by atoms with Crippen LogP contribution in [0.5, 0.6) is 5.75 Å². The molecule has 2 aliphatic rings. The molecule has 4 heteroatoms. The largest absolute Gasteiger partial charge is 0.497 e. The Kier molecular flexibility index (Phi) is 3.04. The molecule has 1 N–H and O–H groups in total. The third kappa shape index (κ3) is 2.19. The SMILES string of the molecule is COc1cccc(C2=NN[C@H]3CC(C)(C)CC(=O)[C@H]23)c1. The van der Waals surface area contributed by atoms with E-state index < -0.39 is 0 Å². The van der Waals surface area contributed by atoms with Crippen molar-refractivity contribution in [3.8, 4) is 5.75 Å². The molecule has 1 aliphatic heterocycles. The average molecular weight is 272 g/mol. The highest BCUT2D eigenvalue weighted by Crippen LogP contribution is 2.39. The first-order valence-electron chi connectivity index (χ1n) is 7.00. The van der Waals surface area contributed by atoms with Gasteiger partial charge >= 0.3 is 0 Å². The standard InChI is InChI=1S/C16H20N2O2/c1-16(2)8-12-14(13(19)9-16)15(18-17-12)10-5-4-6-11(7-10)20-3/h4-7,12,14,17H,8-9H2,1-3H3/t12-,14+/m0/s1. The molecular weight excluding hydrogens is 252 g/mol. The zero-order chi connectivity index (χ0) is 14.3. The third-order valence-electron chi connectivity index (χ3n) is 4.19. The fourth-order valence-corrected chi connectivity index (χ4v) is 3.30. The van der Waals surface area contributed by atoms with Gasteiger partial charge < -0.3 is 10.2 Å². The molecule has 1 heterocycles. The summed E-state index contributed by atoms with van der Waals surface area (Å²) in [6.45, 7) is 4.29. The van der Waals surface area contributed by atoms with E-state index in [1.807, 2.05) is 24.3 Å². The fourth-order valence-electron chi connectivity index (χ4n) is 3.30. The number of hydrazone groups is 1. The molecule has 1 fully saturated rings. The molecule has 0 amide bonds. The van der Waals surface area contributed by atoms with Gasteiger partial charge in [-0.15, -0.1) is 0 Å². The van der Waals surface area contributed by atoms with Gasteiger partial charge in [-0.25, -0.2) is 0 Å². The van der Waals surface area contributed by atoms with Gasteiger partial charge in [0, 0.05) is 12.0 Å². The number of hydrogen-bond acceptors (Lipinski definition) is 4. The van der Waals surface area contributed by atoms with Crippen LogP contribution in [0.25, 0.3) is 0 Å². The van der Waals surface area contributed by atoms with Gasteiger partial charge in [-0.3, -0.25) is 4.79 Å². The van der Waals surface area contributed by atoms with Crippen molar-refractivity contribution >= 4 is 11.5 Å². The molecule has 20 heavy (non-hydrogen) atoms. The van der Waals surface area contributed by atoms with Crippen LogP contribution in [0.15, 0.2) is 29.4 Å². The summed E-state index contributed by atoms with van der Waals surface area (Å²) in [5.74, 6) is 0.963. The molecule has 1 aromatic carbocycles. The Morgan fingerprint density at radius 2 is 2.20 bits per heavy atom. The van der Waals surface area contributed by atoms with Gasteiger partial charge in [0.2, 0.25) is 0 Å². The number of benzene rings is 1. The lowest BCUT2D eigenvalue weighted by molar-refractivity contribution is -0.126. The van der Waals surface area contributed by atoms with Gasteiger partial charge in [-0.05, 0) is 24.0 Å². The minimum Gasteiger partial charge on any atom is -0.497 e. The predicted molar refractivity (Wildman–Crippen MR) is 78.0 cm³/mol. The van der Waals surface area contributed by atoms with Crippen LogP contribution in [0.2, 0.25) is 0 Å². The number of ketones is 1. The lowest BCUT2D eigenvalue weighted by Gasteiger charge is -2.36. The van der Waals surface area contributed by atoms with Gasteiger partial charge in [0.15, 0.2) is 0 Å². The summed E-state index contributed by atoms with van der Waals surface area (Å²) < 4.78 is 5.25. The molecule has 4 nitrogen and oxygen atoms in total. The molecule has 106 valence electrons. The number of nitrogens with one attached hydrogen (secondary N) is 1. The summed E-state index contributed by atoms with van der Waals surface area (Å²) in [4.78, 5) is 12.5. The highest BCUT2D eigenvalue weighted by Gasteiger charge is 2.46. The number of rotatable bonds is 2. The van der Waals surface area contributed by atoms with Crippen LogP contribution in [0.4, 0.5) is 0 Å². The molecular formula is C16H20N2O2. The molecule has 1 aromatic rings. The molecule has 0 aromatic heterocycles. The van der Waals surface area contributed by atoms with Gasteiger partial charge in [-0.2, -0.15) is 5.10 Å². The number of methoxy groups -OCH3 is 1. The average Bonchev–Trinajstić information content (AvgIpc) is 2.81. The van der Waals surface area contributed by atoms with Crippen molar-refractivity contribution in [1.82, 2.24) is 5.43 Å². The number of fused-ring (bicyclic) bond motifs is 1. The smallest absolute Gasteiger partial charge is 0.144 e. The Labute approximate surface area is 119 Å². The Morgan fingerprint density at radius 1 is 1.40 bits per heavy atom. The lowest BCUT2D eigenvalue weighted by Crippen LogP contribution is -2.45. The number of nitrogens with zero attached hydrogens (tertiary/aromatic N) is 1. The van der Waals surface area contributed by atoms with Crippen LogP contribution >= 0.6 is 0 Å². The zero-order valence-electron chi connectivity index (χ0n) is 12.1. The van der Waals surface area contributed by atoms with Gasteiger partial charge in [-0.1, -0.05) is 26.0 Å². The van der Waals surface area contributed by atoms with Crippen molar-refractivity contribution in [2.75, 3.05) is 7.11 Å². The zero-order valence-corrected chi connectivity index (χ0v) is 12.1. The highest BCUT2D eigenvalue weighted by atomic mass is 16.5. The number of hydrogen-bond donors (Lipinski definition) is 1. The van der Waals surface area contributed by atoms with E-state index >= 15 is 0 Å². The van der Waals surface area contributed by atoms with Gasteiger partial charge in [0.05, 0.1) is 24.8 Å². The first-order chi connectivity index (χ1) is 9.50. The first kappa shape index (κ1) is 13.2. The minimum absolute atomic E-state index is 0.0601. The second kappa shape index (κ2) is 4.62. The summed E-state index contributed by atoms with van der Waals surface area (Å²) in [7, 11) is 1.64.